The second-order valence-electron chi connectivity index (χ2n) is 4.20. The number of nitrogens with zero attached hydrogens (tertiary/aromatic N) is 1. The summed E-state index contributed by atoms with van der Waals surface area (Å²) in [7, 11) is 2.64. The van der Waals surface area contributed by atoms with Gasteiger partial charge in [-0.15, -0.1) is 0 Å². The number of carbonyl (C=O) groups excluding carboxylic acids is 2. The van der Waals surface area contributed by atoms with Crippen molar-refractivity contribution in [2.45, 2.75) is 13.0 Å². The summed E-state index contributed by atoms with van der Waals surface area (Å²) >= 11 is 0. The van der Waals surface area contributed by atoms with Gasteiger partial charge in [0.05, 0.1) is 23.8 Å². The second-order valence-corrected chi connectivity index (χ2v) is 4.20. The summed E-state index contributed by atoms with van der Waals surface area (Å²) < 4.78 is 14.4. The van der Waals surface area contributed by atoms with Crippen molar-refractivity contribution in [2.75, 3.05) is 26.1 Å². The fraction of sp³-hybridized carbons (Fsp3) is 0.385. The maximum Gasteiger partial charge on any atom is 0.332 e. The minimum absolute atomic E-state index is 0.123. The number of hydrogen-bond acceptors (Lipinski definition) is 7. The van der Waals surface area contributed by atoms with E-state index < -0.39 is 22.9 Å². The molecule has 9 nitrogen and oxygen atoms in total. The summed E-state index contributed by atoms with van der Waals surface area (Å²) in [5.41, 5.74) is 0.0576. The van der Waals surface area contributed by atoms with Crippen molar-refractivity contribution in [3.05, 3.63) is 28.3 Å². The van der Waals surface area contributed by atoms with Crippen molar-refractivity contribution in [3.8, 4) is 5.75 Å². The topological polar surface area (TPSA) is 117 Å². The van der Waals surface area contributed by atoms with Gasteiger partial charge in [0.15, 0.2) is 6.10 Å². The molecule has 0 spiro atoms. The molecule has 1 atom stereocenters. The van der Waals surface area contributed by atoms with Gasteiger partial charge in [0.25, 0.3) is 11.6 Å². The van der Waals surface area contributed by atoms with Crippen molar-refractivity contribution in [2.24, 2.45) is 0 Å². The smallest absolute Gasteiger partial charge is 0.332 e. The Morgan fingerprint density at radius 1 is 1.36 bits per heavy atom. The monoisotopic (exact) mass is 312 g/mol. The molecule has 1 N–H and O–H groups in total. The second kappa shape index (κ2) is 7.93. The van der Waals surface area contributed by atoms with Crippen LogP contribution in [0.1, 0.15) is 6.92 Å². The normalized spacial score (nSPS) is 11.4. The summed E-state index contributed by atoms with van der Waals surface area (Å²) in [5, 5.41) is 13.2. The molecule has 0 heterocycles. The van der Waals surface area contributed by atoms with Crippen LogP contribution in [0.5, 0.6) is 5.75 Å². The molecule has 120 valence electrons. The third kappa shape index (κ3) is 4.70. The van der Waals surface area contributed by atoms with Gasteiger partial charge in [0.2, 0.25) is 0 Å². The number of methoxy groups -OCH3 is 2. The number of rotatable bonds is 7. The average molecular weight is 312 g/mol. The van der Waals surface area contributed by atoms with Crippen LogP contribution in [0, 0.1) is 10.1 Å². The molecule has 1 aromatic rings. The molecule has 22 heavy (non-hydrogen) atoms. The van der Waals surface area contributed by atoms with Gasteiger partial charge in [0.1, 0.15) is 12.4 Å². The molecule has 0 aliphatic carbocycles. The van der Waals surface area contributed by atoms with Crippen LogP contribution in [0.2, 0.25) is 0 Å². The van der Waals surface area contributed by atoms with E-state index in [2.05, 4.69) is 10.1 Å². The molecule has 0 aliphatic heterocycles. The molecule has 0 saturated heterocycles. The van der Waals surface area contributed by atoms with Gasteiger partial charge < -0.3 is 19.5 Å². The predicted molar refractivity (Wildman–Crippen MR) is 75.7 cm³/mol. The fourth-order valence-electron chi connectivity index (χ4n) is 1.53. The first-order valence-electron chi connectivity index (χ1n) is 6.20. The Labute approximate surface area is 126 Å². The number of non-ortho nitro benzene ring substituents is 1. The molecular weight excluding hydrogens is 296 g/mol. The molecule has 0 radical (unpaired) electrons. The number of anilines is 1. The lowest BCUT2D eigenvalue weighted by atomic mass is 10.2. The van der Waals surface area contributed by atoms with Crippen LogP contribution < -0.4 is 10.1 Å². The maximum atomic E-state index is 11.9. The molecule has 0 saturated carbocycles. The van der Waals surface area contributed by atoms with Crippen molar-refractivity contribution in [3.63, 3.8) is 0 Å². The highest BCUT2D eigenvalue weighted by atomic mass is 16.6. The highest BCUT2D eigenvalue weighted by molar-refractivity contribution is 5.96. The Hall–Kier alpha value is -2.68. The standard InChI is InChI=1S/C13H16N2O7/c1-8(22-12(16)7-20-2)13(17)14-10-5-4-9(15(18)19)6-11(10)21-3/h4-6,8H,7H2,1-3H3,(H,14,17)/t8-/m1/s1. The number of amides is 1. The van der Waals surface area contributed by atoms with E-state index in [9.17, 15) is 19.7 Å². The first-order chi connectivity index (χ1) is 10.4. The summed E-state index contributed by atoms with van der Waals surface area (Å²) in [6.07, 6.45) is -1.05. The molecule has 0 bridgehead atoms. The molecule has 0 aliphatic rings. The van der Waals surface area contributed by atoms with E-state index in [-0.39, 0.29) is 23.7 Å². The lowest BCUT2D eigenvalue weighted by Crippen LogP contribution is -2.31. The number of nitro groups is 1. The quantitative estimate of drug-likeness (QED) is 0.455. The van der Waals surface area contributed by atoms with Crippen molar-refractivity contribution >= 4 is 23.3 Å². The zero-order valence-corrected chi connectivity index (χ0v) is 12.3. The fourth-order valence-corrected chi connectivity index (χ4v) is 1.53. The number of nitrogens with one attached hydrogen (secondary N) is 1. The van der Waals surface area contributed by atoms with Crippen LogP contribution >= 0.6 is 0 Å². The highest BCUT2D eigenvalue weighted by Crippen LogP contribution is 2.29. The first kappa shape index (κ1) is 17.4. The van der Waals surface area contributed by atoms with Crippen LogP contribution in [0.15, 0.2) is 18.2 Å². The summed E-state index contributed by atoms with van der Waals surface area (Å²) in [6, 6.07) is 3.73. The van der Waals surface area contributed by atoms with E-state index in [4.69, 9.17) is 9.47 Å². The van der Waals surface area contributed by atoms with E-state index in [0.717, 1.165) is 0 Å². The lowest BCUT2D eigenvalue weighted by Gasteiger charge is -2.14. The largest absolute Gasteiger partial charge is 0.494 e. The van der Waals surface area contributed by atoms with E-state index in [0.29, 0.717) is 0 Å². The van der Waals surface area contributed by atoms with Crippen LogP contribution in [0.3, 0.4) is 0 Å². The Morgan fingerprint density at radius 2 is 2.05 bits per heavy atom. The molecule has 0 unspecified atom stereocenters. The Morgan fingerprint density at radius 3 is 2.59 bits per heavy atom. The SMILES string of the molecule is COCC(=O)O[C@H](C)C(=O)Nc1ccc([N+](=O)[O-])cc1OC. The molecule has 1 aromatic carbocycles. The van der Waals surface area contributed by atoms with Gasteiger partial charge >= 0.3 is 5.97 Å². The number of esters is 1. The summed E-state index contributed by atoms with van der Waals surface area (Å²) in [5.74, 6) is -1.16. The Bertz CT molecular complexity index is 574. The van der Waals surface area contributed by atoms with Crippen LogP contribution in [-0.2, 0) is 19.1 Å². The van der Waals surface area contributed by atoms with Crippen LogP contribution in [-0.4, -0.2) is 43.7 Å². The number of hydrogen-bond donors (Lipinski definition) is 1. The molecular formula is C13H16N2O7. The average Bonchev–Trinajstić information content (AvgIpc) is 2.47. The molecule has 1 amide bonds. The third-order valence-corrected chi connectivity index (χ3v) is 2.59. The number of ether oxygens (including phenoxy) is 3. The number of carbonyl (C=O) groups is 2. The summed E-state index contributed by atoms with van der Waals surface area (Å²) in [6.45, 7) is 1.12. The van der Waals surface area contributed by atoms with Gasteiger partial charge in [-0.1, -0.05) is 0 Å². The minimum atomic E-state index is -1.05. The zero-order chi connectivity index (χ0) is 16.7. The van der Waals surface area contributed by atoms with Crippen LogP contribution in [0.25, 0.3) is 0 Å². The van der Waals surface area contributed by atoms with Gasteiger partial charge in [-0.25, -0.2) is 4.79 Å². The number of benzene rings is 1. The van der Waals surface area contributed by atoms with Gasteiger partial charge in [-0.2, -0.15) is 0 Å². The molecule has 0 aromatic heterocycles. The van der Waals surface area contributed by atoms with Gasteiger partial charge in [-0.05, 0) is 13.0 Å². The van der Waals surface area contributed by atoms with Crippen molar-refractivity contribution in [1.29, 1.82) is 0 Å². The van der Waals surface area contributed by atoms with Crippen molar-refractivity contribution in [1.82, 2.24) is 0 Å². The van der Waals surface area contributed by atoms with E-state index >= 15 is 0 Å². The lowest BCUT2D eigenvalue weighted by molar-refractivity contribution is -0.384. The minimum Gasteiger partial charge on any atom is -0.494 e. The third-order valence-electron chi connectivity index (χ3n) is 2.59. The van der Waals surface area contributed by atoms with E-state index in [1.165, 1.54) is 39.3 Å². The molecule has 1 rings (SSSR count). The van der Waals surface area contributed by atoms with E-state index in [1.54, 1.807) is 0 Å². The number of nitro benzene ring substituents is 1. The van der Waals surface area contributed by atoms with Gasteiger partial charge in [-0.3, -0.25) is 14.9 Å². The Kier molecular flexibility index (Phi) is 6.26. The maximum absolute atomic E-state index is 11.9. The Balaban J connectivity index is 2.79. The summed E-state index contributed by atoms with van der Waals surface area (Å²) in [4.78, 5) is 33.3. The van der Waals surface area contributed by atoms with Gasteiger partial charge in [0, 0.05) is 13.2 Å². The first-order valence-corrected chi connectivity index (χ1v) is 6.20. The van der Waals surface area contributed by atoms with Crippen molar-refractivity contribution < 1.29 is 28.7 Å². The molecule has 0 fully saturated rings. The highest BCUT2D eigenvalue weighted by Gasteiger charge is 2.20. The zero-order valence-electron chi connectivity index (χ0n) is 12.3. The van der Waals surface area contributed by atoms with Crippen LogP contribution in [0.4, 0.5) is 11.4 Å². The predicted octanol–water partition coefficient (Wildman–Crippen LogP) is 1.12. The molecule has 9 heteroatoms. The van der Waals surface area contributed by atoms with E-state index in [1.807, 2.05) is 0 Å².